The molecule has 0 aliphatic carbocycles. The van der Waals surface area contributed by atoms with E-state index in [4.69, 9.17) is 4.74 Å². The number of methoxy groups -OCH3 is 1. The molecule has 6 nitrogen and oxygen atoms in total. The lowest BCUT2D eigenvalue weighted by Crippen LogP contribution is -2.36. The van der Waals surface area contributed by atoms with Crippen LogP contribution in [-0.4, -0.2) is 37.1 Å². The van der Waals surface area contributed by atoms with Crippen molar-refractivity contribution in [1.82, 2.24) is 4.90 Å². The molecule has 1 unspecified atom stereocenters. The predicted octanol–water partition coefficient (Wildman–Crippen LogP) is 5.57. The molecule has 0 radical (unpaired) electrons. The van der Waals surface area contributed by atoms with Crippen LogP contribution in [0.4, 0.5) is 16.2 Å². The Bertz CT molecular complexity index is 1100. The molecule has 1 atom stereocenters. The molecule has 2 amide bonds. The van der Waals surface area contributed by atoms with E-state index in [-0.39, 0.29) is 6.03 Å². The van der Waals surface area contributed by atoms with Crippen LogP contribution in [-0.2, 0) is 17.7 Å². The molecule has 2 N–H and O–H groups in total. The first-order valence-corrected chi connectivity index (χ1v) is 11.7. The van der Waals surface area contributed by atoms with Crippen LogP contribution in [0.25, 0.3) is 0 Å². The lowest BCUT2D eigenvalue weighted by Gasteiger charge is -2.33. The van der Waals surface area contributed by atoms with Crippen molar-refractivity contribution >= 4 is 23.4 Å². The first-order chi connectivity index (χ1) is 16.6. The Morgan fingerprint density at radius 3 is 2.41 bits per heavy atom. The highest BCUT2D eigenvalue weighted by Crippen LogP contribution is 2.27. The Hall–Kier alpha value is -3.64. The summed E-state index contributed by atoms with van der Waals surface area (Å²) in [7, 11) is 1.38. The highest BCUT2D eigenvalue weighted by molar-refractivity contribution is 6.02. The SMILES string of the molecule is COC(=O)c1cccc(NC(=O)Nc2ccccc2)c1CN1CCCC(Cc2ccccc2)C1. The van der Waals surface area contributed by atoms with Gasteiger partial charge in [0.05, 0.1) is 12.7 Å². The molecule has 4 rings (SSSR count). The molecule has 0 bridgehead atoms. The van der Waals surface area contributed by atoms with Gasteiger partial charge in [-0.1, -0.05) is 54.6 Å². The molecule has 0 saturated carbocycles. The average molecular weight is 458 g/mol. The molecular weight excluding hydrogens is 426 g/mol. The Kier molecular flexibility index (Phi) is 7.94. The number of amides is 2. The molecular formula is C28H31N3O3. The summed E-state index contributed by atoms with van der Waals surface area (Å²) >= 11 is 0. The van der Waals surface area contributed by atoms with Crippen molar-refractivity contribution in [2.24, 2.45) is 5.92 Å². The fourth-order valence-electron chi connectivity index (χ4n) is 4.61. The number of esters is 1. The average Bonchev–Trinajstić information content (AvgIpc) is 2.86. The molecule has 3 aromatic carbocycles. The van der Waals surface area contributed by atoms with Crippen LogP contribution in [0.1, 0.15) is 34.3 Å². The number of carbonyl (C=O) groups is 2. The van der Waals surface area contributed by atoms with E-state index in [1.807, 2.05) is 42.5 Å². The first kappa shape index (κ1) is 23.5. The van der Waals surface area contributed by atoms with Crippen LogP contribution in [0.2, 0.25) is 0 Å². The van der Waals surface area contributed by atoms with E-state index < -0.39 is 5.97 Å². The van der Waals surface area contributed by atoms with Gasteiger partial charge in [0.25, 0.3) is 0 Å². The molecule has 1 saturated heterocycles. The van der Waals surface area contributed by atoms with Gasteiger partial charge in [0.15, 0.2) is 0 Å². The third kappa shape index (κ3) is 6.23. The summed E-state index contributed by atoms with van der Waals surface area (Å²) in [4.78, 5) is 27.6. The van der Waals surface area contributed by atoms with Gasteiger partial charge in [-0.15, -0.1) is 0 Å². The van der Waals surface area contributed by atoms with Crippen molar-refractivity contribution < 1.29 is 14.3 Å². The molecule has 1 fully saturated rings. The summed E-state index contributed by atoms with van der Waals surface area (Å²) in [5.74, 6) is 0.152. The number of likely N-dealkylation sites (tertiary alicyclic amines) is 1. The number of para-hydroxylation sites is 1. The number of rotatable bonds is 7. The summed E-state index contributed by atoms with van der Waals surface area (Å²) in [5, 5.41) is 5.77. The number of ether oxygens (including phenoxy) is 1. The Balaban J connectivity index is 1.50. The number of anilines is 2. The molecule has 0 aromatic heterocycles. The van der Waals surface area contributed by atoms with E-state index in [2.05, 4.69) is 39.8 Å². The van der Waals surface area contributed by atoms with Gasteiger partial charge in [-0.05, 0) is 61.6 Å². The number of nitrogens with one attached hydrogen (secondary N) is 2. The number of piperidine rings is 1. The van der Waals surface area contributed by atoms with Crippen molar-refractivity contribution in [1.29, 1.82) is 0 Å². The second kappa shape index (κ2) is 11.5. The molecule has 6 heteroatoms. The van der Waals surface area contributed by atoms with E-state index in [1.165, 1.54) is 19.1 Å². The Labute approximate surface area is 200 Å². The van der Waals surface area contributed by atoms with E-state index >= 15 is 0 Å². The quantitative estimate of drug-likeness (QED) is 0.455. The summed E-state index contributed by atoms with van der Waals surface area (Å²) in [5.41, 5.74) is 3.92. The van der Waals surface area contributed by atoms with E-state index in [9.17, 15) is 9.59 Å². The van der Waals surface area contributed by atoms with Crippen LogP contribution < -0.4 is 10.6 Å². The zero-order valence-electron chi connectivity index (χ0n) is 19.5. The van der Waals surface area contributed by atoms with Crippen LogP contribution in [0.15, 0.2) is 78.9 Å². The number of benzene rings is 3. The highest BCUT2D eigenvalue weighted by Gasteiger charge is 2.24. The topological polar surface area (TPSA) is 70.7 Å². The minimum atomic E-state index is -0.403. The number of hydrogen-bond acceptors (Lipinski definition) is 4. The maximum Gasteiger partial charge on any atom is 0.338 e. The van der Waals surface area contributed by atoms with E-state index in [0.29, 0.717) is 29.4 Å². The van der Waals surface area contributed by atoms with Crippen molar-refractivity contribution in [3.8, 4) is 0 Å². The van der Waals surface area contributed by atoms with Crippen molar-refractivity contribution in [3.63, 3.8) is 0 Å². The summed E-state index contributed by atoms with van der Waals surface area (Å²) in [6.45, 7) is 2.47. The van der Waals surface area contributed by atoms with Gasteiger partial charge in [0.1, 0.15) is 0 Å². The van der Waals surface area contributed by atoms with Crippen molar-refractivity contribution in [2.75, 3.05) is 30.8 Å². The molecule has 3 aromatic rings. The van der Waals surface area contributed by atoms with Gasteiger partial charge in [0, 0.05) is 30.0 Å². The van der Waals surface area contributed by atoms with Crippen molar-refractivity contribution in [3.05, 3.63) is 95.6 Å². The molecule has 34 heavy (non-hydrogen) atoms. The van der Waals surface area contributed by atoms with Gasteiger partial charge in [-0.25, -0.2) is 9.59 Å². The van der Waals surface area contributed by atoms with Crippen LogP contribution in [0, 0.1) is 5.92 Å². The predicted molar refractivity (Wildman–Crippen MR) is 135 cm³/mol. The molecule has 1 aliphatic heterocycles. The van der Waals surface area contributed by atoms with E-state index in [1.54, 1.807) is 12.1 Å². The monoisotopic (exact) mass is 457 g/mol. The number of hydrogen-bond donors (Lipinski definition) is 2. The van der Waals surface area contributed by atoms with Gasteiger partial charge in [0.2, 0.25) is 0 Å². The summed E-state index contributed by atoms with van der Waals surface area (Å²) in [6.07, 6.45) is 3.34. The maximum absolute atomic E-state index is 12.7. The zero-order valence-corrected chi connectivity index (χ0v) is 19.5. The molecule has 1 aliphatic rings. The lowest BCUT2D eigenvalue weighted by atomic mass is 9.91. The Morgan fingerprint density at radius 1 is 0.941 bits per heavy atom. The van der Waals surface area contributed by atoms with Crippen molar-refractivity contribution in [2.45, 2.75) is 25.8 Å². The van der Waals surface area contributed by atoms with Crippen LogP contribution >= 0.6 is 0 Å². The second-order valence-electron chi connectivity index (χ2n) is 8.70. The van der Waals surface area contributed by atoms with Gasteiger partial charge >= 0.3 is 12.0 Å². The third-order valence-electron chi connectivity index (χ3n) is 6.21. The fourth-order valence-corrected chi connectivity index (χ4v) is 4.61. The van der Waals surface area contributed by atoms with Gasteiger partial charge in [-0.2, -0.15) is 0 Å². The van der Waals surface area contributed by atoms with Crippen LogP contribution in [0.3, 0.4) is 0 Å². The zero-order chi connectivity index (χ0) is 23.8. The standard InChI is InChI=1S/C28H31N3O3/c1-34-27(32)24-15-8-16-26(30-28(33)29-23-13-6-3-7-14-23)25(24)20-31-17-9-12-22(19-31)18-21-10-4-2-5-11-21/h2-8,10-11,13-16,22H,9,12,17-20H2,1H3,(H2,29,30,33). The molecule has 176 valence electrons. The minimum absolute atomic E-state index is 0.352. The van der Waals surface area contributed by atoms with E-state index in [0.717, 1.165) is 31.5 Å². The molecule has 0 spiro atoms. The normalized spacial score (nSPS) is 16.0. The summed E-state index contributed by atoms with van der Waals surface area (Å²) in [6, 6.07) is 24.8. The van der Waals surface area contributed by atoms with Crippen LogP contribution in [0.5, 0.6) is 0 Å². The fraction of sp³-hybridized carbons (Fsp3) is 0.286. The minimum Gasteiger partial charge on any atom is -0.465 e. The maximum atomic E-state index is 12.7. The number of urea groups is 1. The molecule has 1 heterocycles. The Morgan fingerprint density at radius 2 is 1.68 bits per heavy atom. The third-order valence-corrected chi connectivity index (χ3v) is 6.21. The number of carbonyl (C=O) groups excluding carboxylic acids is 2. The first-order valence-electron chi connectivity index (χ1n) is 11.7. The highest BCUT2D eigenvalue weighted by atomic mass is 16.5. The largest absolute Gasteiger partial charge is 0.465 e. The van der Waals surface area contributed by atoms with Gasteiger partial charge < -0.3 is 15.4 Å². The lowest BCUT2D eigenvalue weighted by molar-refractivity contribution is 0.0597. The summed E-state index contributed by atoms with van der Waals surface area (Å²) < 4.78 is 5.04. The number of nitrogens with zero attached hydrogens (tertiary/aromatic N) is 1. The van der Waals surface area contributed by atoms with Gasteiger partial charge in [-0.3, -0.25) is 4.90 Å². The second-order valence-corrected chi connectivity index (χ2v) is 8.70. The smallest absolute Gasteiger partial charge is 0.338 e.